The number of rotatable bonds is 3. The standard InChI is InChI=1S/C21H19N5OS/c22-16-6-7-26(11-16)21(27)18-12-28-20(25-18)15-8-14-9-17(24-19(14)23-10-15)13-4-2-1-3-5-13/h1-5,8-10,12,16H,6-7,11,22H2,(H,23,24)/t16-/m0/s1. The number of nitrogens with two attached hydrogens (primary N) is 1. The third-order valence-corrected chi connectivity index (χ3v) is 5.93. The predicted molar refractivity (Wildman–Crippen MR) is 111 cm³/mol. The van der Waals surface area contributed by atoms with Gasteiger partial charge in [0.15, 0.2) is 0 Å². The first-order valence-electron chi connectivity index (χ1n) is 9.22. The number of H-pyrrole nitrogens is 1. The number of aromatic amines is 1. The van der Waals surface area contributed by atoms with E-state index in [-0.39, 0.29) is 11.9 Å². The Bertz CT molecular complexity index is 1150. The molecule has 7 heteroatoms. The summed E-state index contributed by atoms with van der Waals surface area (Å²) >= 11 is 1.46. The molecule has 0 unspecified atom stereocenters. The Kier molecular flexibility index (Phi) is 4.18. The Morgan fingerprint density at radius 1 is 1.21 bits per heavy atom. The van der Waals surface area contributed by atoms with Gasteiger partial charge >= 0.3 is 0 Å². The molecule has 1 saturated heterocycles. The molecule has 28 heavy (non-hydrogen) atoms. The Morgan fingerprint density at radius 2 is 2.07 bits per heavy atom. The Labute approximate surface area is 166 Å². The lowest BCUT2D eigenvalue weighted by Gasteiger charge is -2.13. The van der Waals surface area contributed by atoms with Gasteiger partial charge in [0.25, 0.3) is 5.91 Å². The Balaban J connectivity index is 1.43. The average molecular weight is 389 g/mol. The lowest BCUT2D eigenvalue weighted by Crippen LogP contribution is -2.32. The van der Waals surface area contributed by atoms with Crippen LogP contribution in [0.4, 0.5) is 0 Å². The van der Waals surface area contributed by atoms with Gasteiger partial charge in [-0.2, -0.15) is 0 Å². The van der Waals surface area contributed by atoms with Crippen molar-refractivity contribution >= 4 is 28.3 Å². The molecule has 0 radical (unpaired) electrons. The van der Waals surface area contributed by atoms with Crippen molar-refractivity contribution in [2.24, 2.45) is 5.73 Å². The van der Waals surface area contributed by atoms with Gasteiger partial charge in [0.2, 0.25) is 0 Å². The second kappa shape index (κ2) is 6.85. The number of pyridine rings is 1. The summed E-state index contributed by atoms with van der Waals surface area (Å²) in [6, 6.07) is 14.4. The van der Waals surface area contributed by atoms with E-state index < -0.39 is 0 Å². The number of carbonyl (C=O) groups excluding carboxylic acids is 1. The molecule has 140 valence electrons. The molecule has 5 rings (SSSR count). The first-order valence-corrected chi connectivity index (χ1v) is 10.1. The van der Waals surface area contributed by atoms with Gasteiger partial charge in [-0.3, -0.25) is 4.79 Å². The van der Waals surface area contributed by atoms with Crippen LogP contribution in [0.15, 0.2) is 54.0 Å². The highest BCUT2D eigenvalue weighted by molar-refractivity contribution is 7.13. The minimum absolute atomic E-state index is 0.0440. The van der Waals surface area contributed by atoms with Gasteiger partial charge in [-0.15, -0.1) is 11.3 Å². The molecule has 3 aromatic heterocycles. The second-order valence-corrected chi connectivity index (χ2v) is 7.91. The van der Waals surface area contributed by atoms with Crippen molar-refractivity contribution in [3.63, 3.8) is 0 Å². The highest BCUT2D eigenvalue weighted by atomic mass is 32.1. The quantitative estimate of drug-likeness (QED) is 0.561. The van der Waals surface area contributed by atoms with Crippen LogP contribution in [0.3, 0.4) is 0 Å². The van der Waals surface area contributed by atoms with E-state index >= 15 is 0 Å². The fraction of sp³-hybridized carbons (Fsp3) is 0.190. The minimum atomic E-state index is -0.0440. The summed E-state index contributed by atoms with van der Waals surface area (Å²) < 4.78 is 0. The highest BCUT2D eigenvalue weighted by Gasteiger charge is 2.26. The highest BCUT2D eigenvalue weighted by Crippen LogP contribution is 2.29. The van der Waals surface area contributed by atoms with Gasteiger partial charge < -0.3 is 15.6 Å². The van der Waals surface area contributed by atoms with Crippen molar-refractivity contribution in [3.05, 3.63) is 59.7 Å². The van der Waals surface area contributed by atoms with E-state index in [1.165, 1.54) is 11.3 Å². The van der Waals surface area contributed by atoms with Crippen molar-refractivity contribution in [2.75, 3.05) is 13.1 Å². The number of thiazole rings is 1. The number of amides is 1. The fourth-order valence-corrected chi connectivity index (χ4v) is 4.32. The summed E-state index contributed by atoms with van der Waals surface area (Å²) in [5.41, 5.74) is 10.3. The summed E-state index contributed by atoms with van der Waals surface area (Å²) in [6.45, 7) is 1.30. The smallest absolute Gasteiger partial charge is 0.273 e. The van der Waals surface area contributed by atoms with E-state index in [0.29, 0.717) is 18.8 Å². The van der Waals surface area contributed by atoms with E-state index in [2.05, 4.69) is 39.2 Å². The lowest BCUT2D eigenvalue weighted by molar-refractivity contribution is 0.0786. The van der Waals surface area contributed by atoms with Gasteiger partial charge in [0, 0.05) is 47.4 Å². The second-order valence-electron chi connectivity index (χ2n) is 7.05. The number of fused-ring (bicyclic) bond motifs is 1. The van der Waals surface area contributed by atoms with Crippen LogP contribution in [0.2, 0.25) is 0 Å². The fourth-order valence-electron chi connectivity index (χ4n) is 3.54. The van der Waals surface area contributed by atoms with Crippen molar-refractivity contribution in [1.29, 1.82) is 0 Å². The van der Waals surface area contributed by atoms with Gasteiger partial charge in [-0.05, 0) is 24.1 Å². The molecule has 0 saturated carbocycles. The molecule has 1 aliphatic heterocycles. The SMILES string of the molecule is N[C@H]1CCN(C(=O)c2csc(-c3cnc4[nH]c(-c5ccccc5)cc4c3)n2)C1. The van der Waals surface area contributed by atoms with Crippen LogP contribution in [-0.2, 0) is 0 Å². The van der Waals surface area contributed by atoms with E-state index in [1.54, 1.807) is 11.1 Å². The lowest BCUT2D eigenvalue weighted by atomic mass is 10.1. The van der Waals surface area contributed by atoms with Gasteiger partial charge in [0.05, 0.1) is 0 Å². The maximum Gasteiger partial charge on any atom is 0.273 e. The molecule has 1 aliphatic rings. The molecule has 1 fully saturated rings. The van der Waals surface area contributed by atoms with Gasteiger partial charge in [-0.25, -0.2) is 9.97 Å². The van der Waals surface area contributed by atoms with Gasteiger partial charge in [-0.1, -0.05) is 30.3 Å². The zero-order valence-corrected chi connectivity index (χ0v) is 15.9. The molecule has 3 N–H and O–H groups in total. The summed E-state index contributed by atoms with van der Waals surface area (Å²) in [7, 11) is 0. The van der Waals surface area contributed by atoms with Gasteiger partial charge in [0.1, 0.15) is 16.3 Å². The van der Waals surface area contributed by atoms with E-state index in [0.717, 1.165) is 39.3 Å². The van der Waals surface area contributed by atoms with E-state index in [9.17, 15) is 4.79 Å². The maximum absolute atomic E-state index is 12.6. The van der Waals surface area contributed by atoms with Crippen molar-refractivity contribution in [3.8, 4) is 21.8 Å². The zero-order chi connectivity index (χ0) is 19.1. The molecular formula is C21H19N5OS. The molecule has 0 bridgehead atoms. The average Bonchev–Trinajstić information content (AvgIpc) is 3.46. The largest absolute Gasteiger partial charge is 0.339 e. The molecule has 0 spiro atoms. The van der Waals surface area contributed by atoms with E-state index in [4.69, 9.17) is 5.73 Å². The molecule has 4 heterocycles. The van der Waals surface area contributed by atoms with E-state index in [1.807, 2.05) is 23.6 Å². The first-order chi connectivity index (χ1) is 13.7. The number of nitrogens with one attached hydrogen (secondary N) is 1. The van der Waals surface area contributed by atoms with Crippen molar-refractivity contribution < 1.29 is 4.79 Å². The van der Waals surface area contributed by atoms with Crippen LogP contribution in [0.1, 0.15) is 16.9 Å². The summed E-state index contributed by atoms with van der Waals surface area (Å²) in [5.74, 6) is -0.0440. The van der Waals surface area contributed by atoms with Crippen molar-refractivity contribution in [2.45, 2.75) is 12.5 Å². The third kappa shape index (κ3) is 3.08. The number of benzene rings is 1. The number of aromatic nitrogens is 3. The number of nitrogens with zero attached hydrogens (tertiary/aromatic N) is 3. The molecule has 1 amide bonds. The molecule has 4 aromatic rings. The third-order valence-electron chi connectivity index (χ3n) is 5.04. The molecule has 1 atom stereocenters. The van der Waals surface area contributed by atoms with Crippen LogP contribution in [0.25, 0.3) is 32.9 Å². The summed E-state index contributed by atoms with van der Waals surface area (Å²) in [4.78, 5) is 26.8. The van der Waals surface area contributed by atoms with Crippen LogP contribution in [-0.4, -0.2) is 44.9 Å². The topological polar surface area (TPSA) is 87.9 Å². The molecular weight excluding hydrogens is 370 g/mol. The number of likely N-dealkylation sites (tertiary alicyclic amines) is 1. The maximum atomic E-state index is 12.6. The predicted octanol–water partition coefficient (Wildman–Crippen LogP) is 3.53. The number of hydrogen-bond acceptors (Lipinski definition) is 5. The number of hydrogen-bond donors (Lipinski definition) is 2. The number of carbonyl (C=O) groups is 1. The molecule has 0 aliphatic carbocycles. The summed E-state index contributed by atoms with van der Waals surface area (Å²) in [5, 5.41) is 3.63. The minimum Gasteiger partial charge on any atom is -0.339 e. The van der Waals surface area contributed by atoms with Crippen LogP contribution in [0, 0.1) is 0 Å². The van der Waals surface area contributed by atoms with Crippen LogP contribution < -0.4 is 5.73 Å². The van der Waals surface area contributed by atoms with Crippen LogP contribution in [0.5, 0.6) is 0 Å². The monoisotopic (exact) mass is 389 g/mol. The van der Waals surface area contributed by atoms with Crippen molar-refractivity contribution in [1.82, 2.24) is 19.9 Å². The van der Waals surface area contributed by atoms with Crippen LogP contribution >= 0.6 is 11.3 Å². The Morgan fingerprint density at radius 3 is 2.86 bits per heavy atom. The first kappa shape index (κ1) is 17.1. The summed E-state index contributed by atoms with van der Waals surface area (Å²) in [6.07, 6.45) is 2.65. The molecule has 6 nitrogen and oxygen atoms in total. The Hall–Kier alpha value is -3.03. The molecule has 1 aromatic carbocycles. The zero-order valence-electron chi connectivity index (χ0n) is 15.1. The normalized spacial score (nSPS) is 16.8.